The molecule has 0 saturated heterocycles. The van der Waals surface area contributed by atoms with Crippen molar-refractivity contribution in [3.63, 3.8) is 0 Å². The van der Waals surface area contributed by atoms with Gasteiger partial charge in [-0.1, -0.05) is 42.6 Å². The standard InChI is InChI=1S/C25H25ClFN5O3S/c1-13-6-11-17(12-18(13)26)32(25(35)22-19(28)20(23(29)33)31-36-22)21(14-7-9-15(27)10-8-14)24(34)30-16-4-2-3-5-16/h6-12,16,21H,2-5,28H2,1H3,(H2,29,33)(H,30,34)/t21-/m1/s1. The summed E-state index contributed by atoms with van der Waals surface area (Å²) in [6.07, 6.45) is 3.65. The number of nitrogens with zero attached hydrogens (tertiary/aromatic N) is 2. The van der Waals surface area contributed by atoms with Crippen molar-refractivity contribution in [3.8, 4) is 0 Å². The fraction of sp³-hybridized carbons (Fsp3) is 0.280. The van der Waals surface area contributed by atoms with Crippen molar-refractivity contribution < 1.29 is 18.8 Å². The van der Waals surface area contributed by atoms with Crippen LogP contribution in [0.25, 0.3) is 0 Å². The van der Waals surface area contributed by atoms with E-state index in [1.165, 1.54) is 29.2 Å². The number of nitrogens with two attached hydrogens (primary N) is 2. The molecule has 1 aliphatic rings. The first-order valence-corrected chi connectivity index (χ1v) is 12.5. The van der Waals surface area contributed by atoms with Gasteiger partial charge in [0.15, 0.2) is 5.69 Å². The van der Waals surface area contributed by atoms with Crippen LogP contribution < -0.4 is 21.7 Å². The van der Waals surface area contributed by atoms with Crippen molar-refractivity contribution >= 4 is 52.2 Å². The number of aromatic nitrogens is 1. The zero-order valence-electron chi connectivity index (χ0n) is 19.5. The van der Waals surface area contributed by atoms with Gasteiger partial charge >= 0.3 is 0 Å². The summed E-state index contributed by atoms with van der Waals surface area (Å²) in [5, 5.41) is 3.42. The average molecular weight is 530 g/mol. The molecule has 11 heteroatoms. The summed E-state index contributed by atoms with van der Waals surface area (Å²) in [5.41, 5.74) is 12.5. The lowest BCUT2D eigenvalue weighted by Gasteiger charge is -2.32. The number of carbonyl (C=O) groups is 3. The Morgan fingerprint density at radius 2 is 1.83 bits per heavy atom. The Labute approximate surface area is 216 Å². The zero-order valence-corrected chi connectivity index (χ0v) is 21.0. The number of hydrogen-bond donors (Lipinski definition) is 3. The first-order chi connectivity index (χ1) is 17.2. The van der Waals surface area contributed by atoms with Crippen LogP contribution in [0.1, 0.15) is 63.0 Å². The van der Waals surface area contributed by atoms with Crippen LogP contribution in [0.4, 0.5) is 15.8 Å². The van der Waals surface area contributed by atoms with Crippen molar-refractivity contribution in [2.75, 3.05) is 10.6 Å². The van der Waals surface area contributed by atoms with Gasteiger partial charge in [-0.05, 0) is 66.7 Å². The third-order valence-electron chi connectivity index (χ3n) is 6.20. The molecule has 4 rings (SSSR count). The van der Waals surface area contributed by atoms with E-state index in [0.29, 0.717) is 27.8 Å². The molecule has 1 fully saturated rings. The number of nitrogens with one attached hydrogen (secondary N) is 1. The number of primary amides is 1. The minimum Gasteiger partial charge on any atom is -0.395 e. The van der Waals surface area contributed by atoms with Crippen LogP contribution in [0.5, 0.6) is 0 Å². The number of nitrogen functional groups attached to an aromatic ring is 1. The molecule has 1 saturated carbocycles. The zero-order chi connectivity index (χ0) is 26.0. The van der Waals surface area contributed by atoms with Crippen molar-refractivity contribution in [2.24, 2.45) is 5.73 Å². The number of hydrogen-bond acceptors (Lipinski definition) is 6. The van der Waals surface area contributed by atoms with Crippen LogP contribution in [-0.4, -0.2) is 28.1 Å². The lowest BCUT2D eigenvalue weighted by molar-refractivity contribution is -0.123. The molecular weight excluding hydrogens is 505 g/mol. The number of carbonyl (C=O) groups excluding carboxylic acids is 3. The molecule has 0 unspecified atom stereocenters. The molecule has 1 aliphatic carbocycles. The largest absolute Gasteiger partial charge is 0.395 e. The molecule has 0 aliphatic heterocycles. The number of halogens is 2. The maximum absolute atomic E-state index is 14.0. The lowest BCUT2D eigenvalue weighted by atomic mass is 10.0. The number of rotatable bonds is 7. The fourth-order valence-electron chi connectivity index (χ4n) is 4.27. The van der Waals surface area contributed by atoms with E-state index >= 15 is 0 Å². The summed E-state index contributed by atoms with van der Waals surface area (Å²) in [5.74, 6) is -2.46. The van der Waals surface area contributed by atoms with Gasteiger partial charge in [0, 0.05) is 16.8 Å². The Balaban J connectivity index is 1.87. The molecule has 188 valence electrons. The van der Waals surface area contributed by atoms with Gasteiger partial charge in [0.05, 0.1) is 5.69 Å². The predicted molar refractivity (Wildman–Crippen MR) is 138 cm³/mol. The molecule has 0 spiro atoms. The van der Waals surface area contributed by atoms with E-state index < -0.39 is 29.6 Å². The van der Waals surface area contributed by atoms with Gasteiger partial charge < -0.3 is 16.8 Å². The van der Waals surface area contributed by atoms with Crippen LogP contribution in [0.15, 0.2) is 42.5 Å². The molecule has 5 N–H and O–H groups in total. The second kappa shape index (κ2) is 10.6. The second-order valence-electron chi connectivity index (χ2n) is 8.69. The van der Waals surface area contributed by atoms with Crippen LogP contribution >= 0.6 is 23.1 Å². The van der Waals surface area contributed by atoms with Crippen LogP contribution in [0, 0.1) is 12.7 Å². The smallest absolute Gasteiger partial charge is 0.273 e. The Hall–Kier alpha value is -3.50. The summed E-state index contributed by atoms with van der Waals surface area (Å²) >= 11 is 7.10. The SMILES string of the molecule is Cc1ccc(N(C(=O)c2snc(C(N)=O)c2N)[C@@H](C(=O)NC2CCCC2)c2ccc(F)cc2)cc1Cl. The van der Waals surface area contributed by atoms with Gasteiger partial charge in [0.1, 0.15) is 16.7 Å². The van der Waals surface area contributed by atoms with Crippen molar-refractivity contribution in [3.05, 3.63) is 75.0 Å². The molecular formula is C25H25ClFN5O3S. The number of amides is 3. The monoisotopic (exact) mass is 529 g/mol. The molecule has 8 nitrogen and oxygen atoms in total. The van der Waals surface area contributed by atoms with E-state index in [9.17, 15) is 18.8 Å². The summed E-state index contributed by atoms with van der Waals surface area (Å²) in [4.78, 5) is 40.6. The quantitative estimate of drug-likeness (QED) is 0.418. The van der Waals surface area contributed by atoms with Gasteiger partial charge in [0.25, 0.3) is 11.8 Å². The van der Waals surface area contributed by atoms with Crippen LogP contribution in [0.3, 0.4) is 0 Å². The Bertz CT molecular complexity index is 1310. The Morgan fingerprint density at radius 1 is 1.17 bits per heavy atom. The highest BCUT2D eigenvalue weighted by atomic mass is 35.5. The van der Waals surface area contributed by atoms with E-state index in [4.69, 9.17) is 23.1 Å². The Kier molecular flexibility index (Phi) is 7.56. The third-order valence-corrected chi connectivity index (χ3v) is 7.46. The van der Waals surface area contributed by atoms with E-state index in [1.807, 2.05) is 6.92 Å². The highest BCUT2D eigenvalue weighted by Crippen LogP contribution is 2.35. The van der Waals surface area contributed by atoms with Crippen molar-refractivity contribution in [1.29, 1.82) is 0 Å². The van der Waals surface area contributed by atoms with Crippen LogP contribution in [0.2, 0.25) is 5.02 Å². The van der Waals surface area contributed by atoms with E-state index in [2.05, 4.69) is 9.69 Å². The normalized spacial score (nSPS) is 14.4. The first kappa shape index (κ1) is 25.6. The third kappa shape index (κ3) is 5.19. The van der Waals surface area contributed by atoms with E-state index in [0.717, 1.165) is 31.2 Å². The molecule has 0 radical (unpaired) electrons. The average Bonchev–Trinajstić information content (AvgIpc) is 3.49. The molecule has 1 heterocycles. The number of aryl methyl sites for hydroxylation is 1. The minimum absolute atomic E-state index is 0.0334. The maximum Gasteiger partial charge on any atom is 0.273 e. The molecule has 0 bridgehead atoms. The van der Waals surface area contributed by atoms with Gasteiger partial charge in [-0.15, -0.1) is 0 Å². The predicted octanol–water partition coefficient (Wildman–Crippen LogP) is 4.37. The number of benzene rings is 2. The summed E-state index contributed by atoms with van der Waals surface area (Å²) in [7, 11) is 0. The van der Waals surface area contributed by atoms with Gasteiger partial charge in [-0.3, -0.25) is 19.3 Å². The molecule has 1 aromatic heterocycles. The molecule has 2 aromatic carbocycles. The summed E-state index contributed by atoms with van der Waals surface area (Å²) in [6, 6.07) is 9.09. The molecule has 36 heavy (non-hydrogen) atoms. The Morgan fingerprint density at radius 3 is 2.42 bits per heavy atom. The lowest BCUT2D eigenvalue weighted by Crippen LogP contribution is -2.46. The van der Waals surface area contributed by atoms with Gasteiger partial charge in [-0.25, -0.2) is 4.39 Å². The molecule has 1 atom stereocenters. The van der Waals surface area contributed by atoms with E-state index in [-0.39, 0.29) is 22.3 Å². The number of anilines is 2. The van der Waals surface area contributed by atoms with Gasteiger partial charge in [0.2, 0.25) is 5.91 Å². The fourth-order valence-corrected chi connectivity index (χ4v) is 5.18. The van der Waals surface area contributed by atoms with E-state index in [1.54, 1.807) is 18.2 Å². The highest BCUT2D eigenvalue weighted by molar-refractivity contribution is 7.09. The van der Waals surface area contributed by atoms with Crippen molar-refractivity contribution in [2.45, 2.75) is 44.7 Å². The second-order valence-corrected chi connectivity index (χ2v) is 9.87. The first-order valence-electron chi connectivity index (χ1n) is 11.4. The molecule has 3 aromatic rings. The summed E-state index contributed by atoms with van der Waals surface area (Å²) < 4.78 is 17.7. The van der Waals surface area contributed by atoms with Crippen LogP contribution in [-0.2, 0) is 4.79 Å². The summed E-state index contributed by atoms with van der Waals surface area (Å²) in [6.45, 7) is 1.81. The highest BCUT2D eigenvalue weighted by Gasteiger charge is 2.37. The van der Waals surface area contributed by atoms with Gasteiger partial charge in [-0.2, -0.15) is 4.37 Å². The minimum atomic E-state index is -1.18. The maximum atomic E-state index is 14.0. The molecule has 3 amide bonds. The van der Waals surface area contributed by atoms with Crippen molar-refractivity contribution in [1.82, 2.24) is 9.69 Å². The topological polar surface area (TPSA) is 131 Å².